The second-order valence-electron chi connectivity index (χ2n) is 6.01. The highest BCUT2D eigenvalue weighted by Gasteiger charge is 2.33. The van der Waals surface area contributed by atoms with Crippen LogP contribution >= 0.6 is 0 Å². The molecule has 22 heavy (non-hydrogen) atoms. The van der Waals surface area contributed by atoms with Crippen LogP contribution in [0.25, 0.3) is 0 Å². The van der Waals surface area contributed by atoms with E-state index in [4.69, 9.17) is 0 Å². The van der Waals surface area contributed by atoms with Crippen LogP contribution in [0.5, 0.6) is 0 Å². The quantitative estimate of drug-likeness (QED) is 0.889. The highest BCUT2D eigenvalue weighted by molar-refractivity contribution is 5.84. The van der Waals surface area contributed by atoms with Gasteiger partial charge < -0.3 is 5.32 Å². The number of carbonyl (C=O) groups is 1. The highest BCUT2D eigenvalue weighted by Crippen LogP contribution is 2.36. The Kier molecular flexibility index (Phi) is 4.23. The van der Waals surface area contributed by atoms with Gasteiger partial charge in [0.05, 0.1) is 6.04 Å². The predicted octanol–water partition coefficient (Wildman–Crippen LogP) is 4.66. The van der Waals surface area contributed by atoms with Gasteiger partial charge in [-0.3, -0.25) is 4.79 Å². The molecule has 0 amide bonds. The Morgan fingerprint density at radius 2 is 1.95 bits per heavy atom. The fraction of sp³-hybridized carbons (Fsp3) is 0.316. The van der Waals surface area contributed by atoms with E-state index in [2.05, 4.69) is 11.4 Å². The standard InChI is InChI=1S/C19H20FNO/c1-13-4-2-5-16(12-13)21-19(17-6-3-7-18(17)22)14-8-10-15(20)11-9-14/h2,4-5,8-12,17,19,21H,3,6-7H2,1H3/t17-,19-/m0/s1. The van der Waals surface area contributed by atoms with E-state index in [1.54, 1.807) is 12.1 Å². The molecule has 0 aliphatic heterocycles. The minimum absolute atomic E-state index is 0.0361. The number of carbonyl (C=O) groups excluding carboxylic acids is 1. The number of hydrogen-bond acceptors (Lipinski definition) is 2. The van der Waals surface area contributed by atoms with Crippen LogP contribution < -0.4 is 5.32 Å². The molecule has 2 aromatic carbocycles. The van der Waals surface area contributed by atoms with Gasteiger partial charge in [-0.15, -0.1) is 0 Å². The SMILES string of the molecule is Cc1cccc(N[C@@H](c2ccc(F)cc2)[C@H]2CCCC2=O)c1. The Morgan fingerprint density at radius 3 is 2.59 bits per heavy atom. The second kappa shape index (κ2) is 6.30. The van der Waals surface area contributed by atoms with E-state index < -0.39 is 0 Å². The molecule has 1 fully saturated rings. The van der Waals surface area contributed by atoms with E-state index in [1.807, 2.05) is 25.1 Å². The maximum atomic E-state index is 13.2. The van der Waals surface area contributed by atoms with Gasteiger partial charge in [0.15, 0.2) is 0 Å². The van der Waals surface area contributed by atoms with E-state index in [-0.39, 0.29) is 17.8 Å². The first kappa shape index (κ1) is 14.8. The number of aryl methyl sites for hydroxylation is 1. The summed E-state index contributed by atoms with van der Waals surface area (Å²) in [6.45, 7) is 2.04. The van der Waals surface area contributed by atoms with Crippen LogP contribution in [0.3, 0.4) is 0 Å². The fourth-order valence-electron chi connectivity index (χ4n) is 3.20. The number of rotatable bonds is 4. The Balaban J connectivity index is 1.92. The van der Waals surface area contributed by atoms with Crippen molar-refractivity contribution < 1.29 is 9.18 Å². The predicted molar refractivity (Wildman–Crippen MR) is 86.3 cm³/mol. The third kappa shape index (κ3) is 3.19. The zero-order valence-corrected chi connectivity index (χ0v) is 12.7. The zero-order valence-electron chi connectivity index (χ0n) is 12.7. The summed E-state index contributed by atoms with van der Waals surface area (Å²) >= 11 is 0. The number of anilines is 1. The lowest BCUT2D eigenvalue weighted by molar-refractivity contribution is -0.121. The van der Waals surface area contributed by atoms with Gasteiger partial charge >= 0.3 is 0 Å². The van der Waals surface area contributed by atoms with Crippen LogP contribution in [-0.2, 0) is 4.79 Å². The monoisotopic (exact) mass is 297 g/mol. The molecular formula is C19H20FNO. The summed E-state index contributed by atoms with van der Waals surface area (Å²) in [6.07, 6.45) is 2.48. The topological polar surface area (TPSA) is 29.1 Å². The van der Waals surface area contributed by atoms with Crippen LogP contribution in [0.4, 0.5) is 10.1 Å². The summed E-state index contributed by atoms with van der Waals surface area (Å²) in [5, 5.41) is 3.48. The van der Waals surface area contributed by atoms with E-state index in [9.17, 15) is 9.18 Å². The molecule has 3 heteroatoms. The van der Waals surface area contributed by atoms with Crippen molar-refractivity contribution in [2.45, 2.75) is 32.2 Å². The lowest BCUT2D eigenvalue weighted by atomic mass is 9.90. The van der Waals surface area contributed by atoms with E-state index in [0.29, 0.717) is 12.2 Å². The molecule has 2 aromatic rings. The molecule has 0 aromatic heterocycles. The van der Waals surface area contributed by atoms with Crippen molar-refractivity contribution in [1.29, 1.82) is 0 Å². The summed E-state index contributed by atoms with van der Waals surface area (Å²) in [5.74, 6) is 0.0104. The first-order chi connectivity index (χ1) is 10.6. The van der Waals surface area contributed by atoms with Gasteiger partial charge in [0.1, 0.15) is 11.6 Å². The van der Waals surface area contributed by atoms with Crippen molar-refractivity contribution in [3.63, 3.8) is 0 Å². The molecule has 1 N–H and O–H groups in total. The maximum absolute atomic E-state index is 13.2. The van der Waals surface area contributed by atoms with Crippen molar-refractivity contribution >= 4 is 11.5 Å². The third-order valence-corrected chi connectivity index (χ3v) is 4.32. The lowest BCUT2D eigenvalue weighted by Gasteiger charge is -2.25. The summed E-state index contributed by atoms with van der Waals surface area (Å²) in [6, 6.07) is 14.5. The van der Waals surface area contributed by atoms with E-state index in [1.165, 1.54) is 17.7 Å². The van der Waals surface area contributed by atoms with Gasteiger partial charge in [0, 0.05) is 18.0 Å². The number of Topliss-reactive ketones (excluding diaryl/α,β-unsaturated/α-hetero) is 1. The summed E-state index contributed by atoms with van der Waals surface area (Å²) in [5.41, 5.74) is 3.12. The molecule has 2 nitrogen and oxygen atoms in total. The molecular weight excluding hydrogens is 277 g/mol. The molecule has 0 heterocycles. The first-order valence-electron chi connectivity index (χ1n) is 7.75. The number of nitrogens with one attached hydrogen (secondary N) is 1. The molecule has 1 saturated carbocycles. The first-order valence-corrected chi connectivity index (χ1v) is 7.75. The fourth-order valence-corrected chi connectivity index (χ4v) is 3.20. The molecule has 0 unspecified atom stereocenters. The molecule has 0 spiro atoms. The number of benzene rings is 2. The summed E-state index contributed by atoms with van der Waals surface area (Å²) in [7, 11) is 0. The van der Waals surface area contributed by atoms with Gasteiger partial charge in [-0.1, -0.05) is 24.3 Å². The van der Waals surface area contributed by atoms with Crippen molar-refractivity contribution in [3.8, 4) is 0 Å². The Hall–Kier alpha value is -2.16. The van der Waals surface area contributed by atoms with E-state index >= 15 is 0 Å². The van der Waals surface area contributed by atoms with Gasteiger partial charge in [-0.05, 0) is 55.2 Å². The molecule has 0 bridgehead atoms. The maximum Gasteiger partial charge on any atom is 0.138 e. The normalized spacial score (nSPS) is 19.2. The van der Waals surface area contributed by atoms with Gasteiger partial charge in [0.2, 0.25) is 0 Å². The van der Waals surface area contributed by atoms with Crippen molar-refractivity contribution in [1.82, 2.24) is 0 Å². The Bertz CT molecular complexity index is 665. The highest BCUT2D eigenvalue weighted by atomic mass is 19.1. The van der Waals surface area contributed by atoms with Crippen LogP contribution in [0.1, 0.15) is 36.4 Å². The lowest BCUT2D eigenvalue weighted by Crippen LogP contribution is -2.24. The number of ketones is 1. The zero-order chi connectivity index (χ0) is 15.5. The van der Waals surface area contributed by atoms with E-state index in [0.717, 1.165) is 24.1 Å². The largest absolute Gasteiger partial charge is 0.377 e. The number of hydrogen-bond donors (Lipinski definition) is 1. The van der Waals surface area contributed by atoms with Crippen molar-refractivity contribution in [2.75, 3.05) is 5.32 Å². The summed E-state index contributed by atoms with van der Waals surface area (Å²) in [4.78, 5) is 12.2. The Morgan fingerprint density at radius 1 is 1.18 bits per heavy atom. The minimum atomic E-state index is -0.254. The van der Waals surface area contributed by atoms with Crippen LogP contribution in [0.2, 0.25) is 0 Å². The van der Waals surface area contributed by atoms with Crippen LogP contribution in [0.15, 0.2) is 48.5 Å². The van der Waals surface area contributed by atoms with Crippen LogP contribution in [0, 0.1) is 18.7 Å². The summed E-state index contributed by atoms with van der Waals surface area (Å²) < 4.78 is 13.2. The average molecular weight is 297 g/mol. The molecule has 2 atom stereocenters. The Labute approximate surface area is 130 Å². The minimum Gasteiger partial charge on any atom is -0.377 e. The van der Waals surface area contributed by atoms with Gasteiger partial charge in [-0.2, -0.15) is 0 Å². The number of halogens is 1. The molecule has 1 aliphatic carbocycles. The van der Waals surface area contributed by atoms with Gasteiger partial charge in [0.25, 0.3) is 0 Å². The molecule has 1 aliphatic rings. The third-order valence-electron chi connectivity index (χ3n) is 4.32. The molecule has 114 valence electrons. The van der Waals surface area contributed by atoms with Gasteiger partial charge in [-0.25, -0.2) is 4.39 Å². The average Bonchev–Trinajstić information content (AvgIpc) is 2.92. The van der Waals surface area contributed by atoms with Crippen molar-refractivity contribution in [3.05, 3.63) is 65.5 Å². The molecule has 0 saturated heterocycles. The van der Waals surface area contributed by atoms with Crippen LogP contribution in [-0.4, -0.2) is 5.78 Å². The molecule has 3 rings (SSSR count). The van der Waals surface area contributed by atoms with Crippen molar-refractivity contribution in [2.24, 2.45) is 5.92 Å². The smallest absolute Gasteiger partial charge is 0.138 e. The molecule has 0 radical (unpaired) electrons. The second-order valence-corrected chi connectivity index (χ2v) is 6.01.